The van der Waals surface area contributed by atoms with Gasteiger partial charge in [-0.05, 0) is 35.9 Å². The Morgan fingerprint density at radius 2 is 1.90 bits per heavy atom. The average molecular weight is 318 g/mol. The molecule has 1 aliphatic carbocycles. The van der Waals surface area contributed by atoms with Gasteiger partial charge in [0.25, 0.3) is 5.91 Å². The zero-order valence-corrected chi connectivity index (χ0v) is 13.2. The predicted molar refractivity (Wildman–Crippen MR) is 88.2 cm³/mol. The molecule has 1 amide bonds. The average Bonchev–Trinajstić information content (AvgIpc) is 2.83. The molecule has 2 aromatic rings. The summed E-state index contributed by atoms with van der Waals surface area (Å²) in [5.41, 5.74) is 3.06. The lowest BCUT2D eigenvalue weighted by Gasteiger charge is -2.18. The van der Waals surface area contributed by atoms with Crippen molar-refractivity contribution in [2.45, 2.75) is 22.7 Å². The number of halogens is 1. The second-order valence-electron chi connectivity index (χ2n) is 5.07. The summed E-state index contributed by atoms with van der Waals surface area (Å²) < 4.78 is 0. The summed E-state index contributed by atoms with van der Waals surface area (Å²) in [5.74, 6) is -0.0627. The maximum atomic E-state index is 12.6. The van der Waals surface area contributed by atoms with Crippen molar-refractivity contribution in [2.75, 3.05) is 6.26 Å². The van der Waals surface area contributed by atoms with Gasteiger partial charge in [-0.15, -0.1) is 23.4 Å². The van der Waals surface area contributed by atoms with Gasteiger partial charge in [-0.3, -0.25) is 4.79 Å². The summed E-state index contributed by atoms with van der Waals surface area (Å²) in [5, 5.41) is 3.00. The van der Waals surface area contributed by atoms with Crippen molar-refractivity contribution in [3.8, 4) is 0 Å². The first-order valence-electron chi connectivity index (χ1n) is 6.86. The Balaban J connectivity index is 1.85. The van der Waals surface area contributed by atoms with Crippen molar-refractivity contribution in [1.82, 2.24) is 5.32 Å². The van der Waals surface area contributed by atoms with Gasteiger partial charge < -0.3 is 5.32 Å². The minimum Gasteiger partial charge on any atom is -0.344 e. The molecule has 21 heavy (non-hydrogen) atoms. The first-order chi connectivity index (χ1) is 10.2. The van der Waals surface area contributed by atoms with Gasteiger partial charge in [0.2, 0.25) is 0 Å². The standard InChI is InChI=1S/C17H16ClNOS/c1-21-15-9-5-4-8-13(15)17(20)19-16-12-7-3-2-6-11(12)10-14(16)18/h2-9,14,16H,10H2,1H3,(H,19,20). The van der Waals surface area contributed by atoms with E-state index in [-0.39, 0.29) is 17.3 Å². The molecule has 0 fully saturated rings. The molecule has 0 spiro atoms. The molecule has 0 bridgehead atoms. The van der Waals surface area contributed by atoms with Crippen molar-refractivity contribution in [1.29, 1.82) is 0 Å². The van der Waals surface area contributed by atoms with E-state index < -0.39 is 0 Å². The predicted octanol–water partition coefficient (Wildman–Crippen LogP) is 4.04. The molecule has 2 unspecified atom stereocenters. The summed E-state index contributed by atoms with van der Waals surface area (Å²) in [6.07, 6.45) is 2.77. The van der Waals surface area contributed by atoms with E-state index in [1.165, 1.54) is 5.56 Å². The molecular weight excluding hydrogens is 302 g/mol. The highest BCUT2D eigenvalue weighted by molar-refractivity contribution is 7.98. The van der Waals surface area contributed by atoms with Gasteiger partial charge in [0.1, 0.15) is 0 Å². The third-order valence-electron chi connectivity index (χ3n) is 3.80. The summed E-state index contributed by atoms with van der Waals surface area (Å²) >= 11 is 8.00. The molecule has 1 aliphatic rings. The zero-order valence-electron chi connectivity index (χ0n) is 11.7. The monoisotopic (exact) mass is 317 g/mol. The van der Waals surface area contributed by atoms with Crippen LogP contribution in [0.1, 0.15) is 27.5 Å². The van der Waals surface area contributed by atoms with Crippen LogP contribution in [0.3, 0.4) is 0 Å². The number of hydrogen-bond acceptors (Lipinski definition) is 2. The van der Waals surface area contributed by atoms with E-state index in [0.717, 1.165) is 16.9 Å². The fourth-order valence-corrected chi connectivity index (χ4v) is 3.73. The molecule has 0 heterocycles. The summed E-state index contributed by atoms with van der Waals surface area (Å²) in [4.78, 5) is 13.5. The van der Waals surface area contributed by atoms with Crippen molar-refractivity contribution < 1.29 is 4.79 Å². The lowest BCUT2D eigenvalue weighted by Crippen LogP contribution is -2.32. The Hall–Kier alpha value is -1.45. The van der Waals surface area contributed by atoms with E-state index in [1.54, 1.807) is 11.8 Å². The van der Waals surface area contributed by atoms with Crippen LogP contribution >= 0.6 is 23.4 Å². The maximum absolute atomic E-state index is 12.6. The van der Waals surface area contributed by atoms with Crippen LogP contribution in [0.15, 0.2) is 53.4 Å². The fourth-order valence-electron chi connectivity index (χ4n) is 2.77. The Bertz CT molecular complexity index is 673. The highest BCUT2D eigenvalue weighted by Crippen LogP contribution is 2.35. The molecule has 2 aromatic carbocycles. The lowest BCUT2D eigenvalue weighted by molar-refractivity contribution is 0.0934. The Kier molecular flexibility index (Phi) is 4.22. The molecular formula is C17H16ClNOS. The molecule has 3 rings (SSSR count). The highest BCUT2D eigenvalue weighted by Gasteiger charge is 2.32. The number of alkyl halides is 1. The van der Waals surface area contributed by atoms with Crippen molar-refractivity contribution >= 4 is 29.3 Å². The van der Waals surface area contributed by atoms with Crippen LogP contribution in [0.5, 0.6) is 0 Å². The van der Waals surface area contributed by atoms with E-state index in [4.69, 9.17) is 11.6 Å². The highest BCUT2D eigenvalue weighted by atomic mass is 35.5. The summed E-state index contributed by atoms with van der Waals surface area (Å²) in [6.45, 7) is 0. The molecule has 0 radical (unpaired) electrons. The van der Waals surface area contributed by atoms with Gasteiger partial charge in [0.15, 0.2) is 0 Å². The largest absolute Gasteiger partial charge is 0.344 e. The molecule has 2 atom stereocenters. The lowest BCUT2D eigenvalue weighted by atomic mass is 10.1. The van der Waals surface area contributed by atoms with Crippen LogP contribution < -0.4 is 5.32 Å². The quantitative estimate of drug-likeness (QED) is 0.683. The van der Waals surface area contributed by atoms with Gasteiger partial charge in [-0.1, -0.05) is 36.4 Å². The van der Waals surface area contributed by atoms with E-state index in [1.807, 2.05) is 48.7 Å². The second-order valence-corrected chi connectivity index (χ2v) is 6.48. The summed E-state index contributed by atoms with van der Waals surface area (Å²) in [7, 11) is 0. The maximum Gasteiger partial charge on any atom is 0.252 e. The molecule has 4 heteroatoms. The normalized spacial score (nSPS) is 20.1. The van der Waals surface area contributed by atoms with Gasteiger partial charge in [-0.2, -0.15) is 0 Å². The number of nitrogens with one attached hydrogen (secondary N) is 1. The van der Waals surface area contributed by atoms with Gasteiger partial charge in [0, 0.05) is 4.90 Å². The second kappa shape index (κ2) is 6.12. The van der Waals surface area contributed by atoms with Crippen LogP contribution in [0, 0.1) is 0 Å². The first-order valence-corrected chi connectivity index (χ1v) is 8.52. The van der Waals surface area contributed by atoms with Crippen molar-refractivity contribution in [2.24, 2.45) is 0 Å². The smallest absolute Gasteiger partial charge is 0.252 e. The number of carbonyl (C=O) groups excluding carboxylic acids is 1. The summed E-state index contributed by atoms with van der Waals surface area (Å²) in [6, 6.07) is 15.6. The Morgan fingerprint density at radius 1 is 1.19 bits per heavy atom. The molecule has 0 aromatic heterocycles. The Morgan fingerprint density at radius 3 is 2.71 bits per heavy atom. The number of carbonyl (C=O) groups is 1. The number of hydrogen-bond donors (Lipinski definition) is 1. The fraction of sp³-hybridized carbons (Fsp3) is 0.235. The minimum absolute atomic E-state index is 0.0627. The van der Waals surface area contributed by atoms with E-state index in [0.29, 0.717) is 5.56 Å². The number of rotatable bonds is 3. The van der Waals surface area contributed by atoms with E-state index in [9.17, 15) is 4.79 Å². The topological polar surface area (TPSA) is 29.1 Å². The van der Waals surface area contributed by atoms with Crippen molar-refractivity contribution in [3.63, 3.8) is 0 Å². The molecule has 2 nitrogen and oxygen atoms in total. The van der Waals surface area contributed by atoms with E-state index in [2.05, 4.69) is 11.4 Å². The van der Waals surface area contributed by atoms with Crippen molar-refractivity contribution in [3.05, 3.63) is 65.2 Å². The third kappa shape index (κ3) is 2.81. The number of amides is 1. The van der Waals surface area contributed by atoms with Crippen LogP contribution in [0.2, 0.25) is 0 Å². The van der Waals surface area contributed by atoms with Crippen LogP contribution in [0.4, 0.5) is 0 Å². The first kappa shape index (κ1) is 14.5. The number of fused-ring (bicyclic) bond motifs is 1. The molecule has 1 N–H and O–H groups in total. The van der Waals surface area contributed by atoms with Crippen LogP contribution in [0.25, 0.3) is 0 Å². The minimum atomic E-state index is -0.120. The molecule has 0 saturated heterocycles. The van der Waals surface area contributed by atoms with E-state index >= 15 is 0 Å². The third-order valence-corrected chi connectivity index (χ3v) is 5.01. The van der Waals surface area contributed by atoms with Crippen LogP contribution in [-0.4, -0.2) is 17.5 Å². The SMILES string of the molecule is CSc1ccccc1C(=O)NC1c2ccccc2CC1Cl. The number of thioether (sulfide) groups is 1. The van der Waals surface area contributed by atoms with Gasteiger partial charge >= 0.3 is 0 Å². The zero-order chi connectivity index (χ0) is 14.8. The molecule has 0 saturated carbocycles. The van der Waals surface area contributed by atoms with Crippen LogP contribution in [-0.2, 0) is 6.42 Å². The van der Waals surface area contributed by atoms with Gasteiger partial charge in [0.05, 0.1) is 17.0 Å². The van der Waals surface area contributed by atoms with Gasteiger partial charge in [-0.25, -0.2) is 0 Å². The molecule has 0 aliphatic heterocycles. The number of benzene rings is 2. The Labute approximate surface area is 133 Å². The molecule has 108 valence electrons.